The predicted molar refractivity (Wildman–Crippen MR) is 170 cm³/mol. The van der Waals surface area contributed by atoms with Crippen LogP contribution < -0.4 is 10.6 Å². The van der Waals surface area contributed by atoms with Gasteiger partial charge in [0.15, 0.2) is 16.3 Å². The fourth-order valence-electron chi connectivity index (χ4n) is 4.67. The highest BCUT2D eigenvalue weighted by Gasteiger charge is 2.16. The molecule has 2 aromatic heterocycles. The van der Waals surface area contributed by atoms with Gasteiger partial charge in [-0.15, -0.1) is 0 Å². The molecular weight excluding hydrogens is 618 g/mol. The molecule has 6 aromatic rings. The van der Waals surface area contributed by atoms with Gasteiger partial charge in [0.2, 0.25) is 11.8 Å². The number of benzene rings is 4. The standard InChI is InChI=1S/C33H24F2N4O6S/c1-42-29(40)13-17-3-9-27-25(11-17)36-31(44-27)19-5-7-23(21(34)15-19)38-33(46)39-24-8-6-20(16-22(24)35)32-37-26-12-18(14-30(41)43-2)4-10-28(26)45-32/h3-12,15-16H,13-14H2,1-2H3,(H2,38,39,46). The number of rotatable bonds is 8. The third-order valence-electron chi connectivity index (χ3n) is 6.98. The lowest BCUT2D eigenvalue weighted by molar-refractivity contribution is -0.140. The zero-order valence-electron chi connectivity index (χ0n) is 24.4. The van der Waals surface area contributed by atoms with E-state index in [1.54, 1.807) is 48.5 Å². The zero-order chi connectivity index (χ0) is 32.4. The van der Waals surface area contributed by atoms with Crippen molar-refractivity contribution in [3.63, 3.8) is 0 Å². The van der Waals surface area contributed by atoms with Crippen LogP contribution in [0.25, 0.3) is 45.1 Å². The summed E-state index contributed by atoms with van der Waals surface area (Å²) in [5.74, 6) is -1.66. The molecule has 0 radical (unpaired) electrons. The van der Waals surface area contributed by atoms with E-state index >= 15 is 8.78 Å². The van der Waals surface area contributed by atoms with Crippen molar-refractivity contribution in [3.05, 3.63) is 95.6 Å². The predicted octanol–water partition coefficient (Wildman–Crippen LogP) is 6.82. The molecule has 0 aliphatic carbocycles. The van der Waals surface area contributed by atoms with Gasteiger partial charge in [-0.05, 0) is 84.0 Å². The molecule has 0 bridgehead atoms. The van der Waals surface area contributed by atoms with E-state index in [1.165, 1.54) is 38.5 Å². The van der Waals surface area contributed by atoms with Gasteiger partial charge in [0.1, 0.15) is 22.7 Å². The van der Waals surface area contributed by atoms with Gasteiger partial charge in [0, 0.05) is 11.1 Å². The number of oxazole rings is 2. The van der Waals surface area contributed by atoms with Gasteiger partial charge in [-0.3, -0.25) is 9.59 Å². The van der Waals surface area contributed by atoms with E-state index in [1.807, 2.05) is 0 Å². The maximum Gasteiger partial charge on any atom is 0.309 e. The molecule has 13 heteroatoms. The topological polar surface area (TPSA) is 129 Å². The average molecular weight is 643 g/mol. The molecule has 2 heterocycles. The summed E-state index contributed by atoms with van der Waals surface area (Å²) in [5, 5.41) is 5.42. The van der Waals surface area contributed by atoms with Crippen LogP contribution in [-0.2, 0) is 31.9 Å². The summed E-state index contributed by atoms with van der Waals surface area (Å²) in [5.41, 5.74) is 4.25. The quantitative estimate of drug-likeness (QED) is 0.134. The summed E-state index contributed by atoms with van der Waals surface area (Å²) < 4.78 is 51.1. The normalized spacial score (nSPS) is 11.0. The number of carbonyl (C=O) groups excluding carboxylic acids is 2. The van der Waals surface area contributed by atoms with Gasteiger partial charge in [0.25, 0.3) is 0 Å². The van der Waals surface area contributed by atoms with E-state index in [2.05, 4.69) is 20.6 Å². The highest BCUT2D eigenvalue weighted by Crippen LogP contribution is 2.30. The molecule has 0 fully saturated rings. The third kappa shape index (κ3) is 6.54. The number of aromatic nitrogens is 2. The summed E-state index contributed by atoms with van der Waals surface area (Å²) in [6.45, 7) is 0. The minimum atomic E-state index is -0.642. The molecule has 0 unspecified atom stereocenters. The van der Waals surface area contributed by atoms with Crippen LogP contribution in [0.5, 0.6) is 0 Å². The molecule has 232 valence electrons. The number of ether oxygens (including phenoxy) is 2. The highest BCUT2D eigenvalue weighted by atomic mass is 32.1. The van der Waals surface area contributed by atoms with Gasteiger partial charge < -0.3 is 28.9 Å². The maximum absolute atomic E-state index is 15.1. The second kappa shape index (κ2) is 12.7. The van der Waals surface area contributed by atoms with Crippen LogP contribution in [0.2, 0.25) is 0 Å². The lowest BCUT2D eigenvalue weighted by Crippen LogP contribution is -2.20. The zero-order valence-corrected chi connectivity index (χ0v) is 25.2. The van der Waals surface area contributed by atoms with Gasteiger partial charge in [-0.1, -0.05) is 12.1 Å². The SMILES string of the molecule is COC(=O)Cc1ccc2oc(-c3ccc(NC(=S)Nc4ccc(-c5nc6cc(CC(=O)OC)ccc6o5)cc4F)c(F)c3)nc2c1. The number of esters is 2. The van der Waals surface area contributed by atoms with Gasteiger partial charge in [0.05, 0.1) is 38.4 Å². The summed E-state index contributed by atoms with van der Waals surface area (Å²) in [4.78, 5) is 32.0. The Kier molecular flexibility index (Phi) is 8.40. The lowest BCUT2D eigenvalue weighted by Gasteiger charge is -2.12. The second-order valence-electron chi connectivity index (χ2n) is 10.1. The van der Waals surface area contributed by atoms with Crippen molar-refractivity contribution in [2.75, 3.05) is 24.9 Å². The van der Waals surface area contributed by atoms with E-state index in [0.29, 0.717) is 44.5 Å². The number of fused-ring (bicyclic) bond motifs is 2. The van der Waals surface area contributed by atoms with E-state index in [4.69, 9.17) is 30.5 Å². The van der Waals surface area contributed by atoms with Crippen molar-refractivity contribution in [1.29, 1.82) is 0 Å². The Bertz CT molecular complexity index is 1990. The number of hydrogen-bond donors (Lipinski definition) is 2. The molecule has 6 rings (SSSR count). The Morgan fingerprint density at radius 2 is 1.13 bits per heavy atom. The smallest absolute Gasteiger partial charge is 0.309 e. The Balaban J connectivity index is 1.12. The summed E-state index contributed by atoms with van der Waals surface area (Å²) in [6, 6.07) is 18.8. The number of anilines is 2. The fraction of sp³-hybridized carbons (Fsp3) is 0.121. The average Bonchev–Trinajstić information content (AvgIpc) is 3.67. The maximum atomic E-state index is 15.1. The number of methoxy groups -OCH3 is 2. The second-order valence-corrected chi connectivity index (χ2v) is 10.5. The van der Waals surface area contributed by atoms with Gasteiger partial charge in [-0.2, -0.15) is 0 Å². The Morgan fingerprint density at radius 3 is 1.52 bits per heavy atom. The molecule has 10 nitrogen and oxygen atoms in total. The van der Waals surface area contributed by atoms with E-state index in [9.17, 15) is 9.59 Å². The molecule has 2 N–H and O–H groups in total. The number of halogens is 2. The van der Waals surface area contributed by atoms with Crippen molar-refractivity contribution in [2.24, 2.45) is 0 Å². The first-order chi connectivity index (χ1) is 22.2. The van der Waals surface area contributed by atoms with Crippen LogP contribution in [0.15, 0.2) is 81.6 Å². The van der Waals surface area contributed by atoms with E-state index in [-0.39, 0.29) is 53.0 Å². The van der Waals surface area contributed by atoms with Crippen LogP contribution in [-0.4, -0.2) is 41.2 Å². The largest absolute Gasteiger partial charge is 0.469 e. The number of carbonyl (C=O) groups is 2. The van der Waals surface area contributed by atoms with Crippen molar-refractivity contribution >= 4 is 62.8 Å². The van der Waals surface area contributed by atoms with Crippen LogP contribution in [0, 0.1) is 11.6 Å². The third-order valence-corrected chi connectivity index (χ3v) is 7.19. The highest BCUT2D eigenvalue weighted by molar-refractivity contribution is 7.80. The first kappa shape index (κ1) is 30.3. The molecule has 46 heavy (non-hydrogen) atoms. The molecule has 0 atom stereocenters. The van der Waals surface area contributed by atoms with Crippen molar-refractivity contribution in [3.8, 4) is 22.9 Å². The summed E-state index contributed by atoms with van der Waals surface area (Å²) >= 11 is 5.30. The van der Waals surface area contributed by atoms with E-state index < -0.39 is 11.6 Å². The van der Waals surface area contributed by atoms with Gasteiger partial charge >= 0.3 is 11.9 Å². The van der Waals surface area contributed by atoms with Crippen LogP contribution in [0.3, 0.4) is 0 Å². The van der Waals surface area contributed by atoms with Gasteiger partial charge in [-0.25, -0.2) is 18.7 Å². The molecule has 0 spiro atoms. The monoisotopic (exact) mass is 642 g/mol. The van der Waals surface area contributed by atoms with Crippen LogP contribution >= 0.6 is 12.2 Å². The molecular formula is C33H24F2N4O6S. The van der Waals surface area contributed by atoms with E-state index in [0.717, 1.165) is 0 Å². The number of nitrogens with zero attached hydrogens (tertiary/aromatic N) is 2. The number of hydrogen-bond acceptors (Lipinski definition) is 9. The minimum absolute atomic E-state index is 0.0432. The van der Waals surface area contributed by atoms with Crippen molar-refractivity contribution in [2.45, 2.75) is 12.8 Å². The van der Waals surface area contributed by atoms with Crippen LogP contribution in [0.1, 0.15) is 11.1 Å². The molecule has 0 amide bonds. The minimum Gasteiger partial charge on any atom is -0.469 e. The van der Waals surface area contributed by atoms with Crippen molar-refractivity contribution < 1.29 is 36.7 Å². The molecule has 0 saturated heterocycles. The first-order valence-corrected chi connectivity index (χ1v) is 14.2. The molecule has 4 aromatic carbocycles. The number of thiocarbonyl (C=S) groups is 1. The lowest BCUT2D eigenvalue weighted by atomic mass is 10.1. The summed E-state index contributed by atoms with van der Waals surface area (Å²) in [6.07, 6.45) is 0.178. The Hall–Kier alpha value is -5.69. The molecule has 0 aliphatic rings. The molecule has 0 saturated carbocycles. The Morgan fingerprint density at radius 1 is 0.696 bits per heavy atom. The molecule has 0 aliphatic heterocycles. The Labute approximate surface area is 265 Å². The first-order valence-electron chi connectivity index (χ1n) is 13.8. The van der Waals surface area contributed by atoms with Crippen LogP contribution in [0.4, 0.5) is 20.2 Å². The van der Waals surface area contributed by atoms with Crippen molar-refractivity contribution in [1.82, 2.24) is 9.97 Å². The fourth-order valence-corrected chi connectivity index (χ4v) is 4.89. The number of nitrogens with one attached hydrogen (secondary N) is 2. The summed E-state index contributed by atoms with van der Waals surface area (Å²) in [7, 11) is 2.63.